The number of amides is 1. The van der Waals surface area contributed by atoms with E-state index in [0.717, 1.165) is 11.3 Å². The Kier molecular flexibility index (Phi) is 5.96. The van der Waals surface area contributed by atoms with E-state index in [0.29, 0.717) is 31.0 Å². The summed E-state index contributed by atoms with van der Waals surface area (Å²) in [5.41, 5.74) is 0.208. The first-order valence-corrected chi connectivity index (χ1v) is 9.92. The maximum Gasteiger partial charge on any atom is 0.410 e. The first-order chi connectivity index (χ1) is 13.2. The van der Waals surface area contributed by atoms with Gasteiger partial charge < -0.3 is 14.7 Å². The smallest absolute Gasteiger partial charge is 0.410 e. The second kappa shape index (κ2) is 8.10. The molecular formula is C22H27ClN2O3. The summed E-state index contributed by atoms with van der Waals surface area (Å²) in [7, 11) is 0. The number of aromatic nitrogens is 1. The van der Waals surface area contributed by atoms with Gasteiger partial charge in [0.1, 0.15) is 5.60 Å². The molecular weight excluding hydrogens is 376 g/mol. The minimum atomic E-state index is -1.01. The zero-order valence-corrected chi connectivity index (χ0v) is 17.3. The first-order valence-electron chi connectivity index (χ1n) is 9.55. The Morgan fingerprint density at radius 1 is 1.18 bits per heavy atom. The van der Waals surface area contributed by atoms with Gasteiger partial charge in [-0.05, 0) is 51.3 Å². The lowest BCUT2D eigenvalue weighted by atomic mass is 9.74. The maximum atomic E-state index is 12.4. The van der Waals surface area contributed by atoms with Gasteiger partial charge in [0, 0.05) is 19.3 Å². The van der Waals surface area contributed by atoms with Crippen molar-refractivity contribution in [1.82, 2.24) is 9.88 Å². The fraction of sp³-hybridized carbons (Fsp3) is 0.455. The van der Waals surface area contributed by atoms with E-state index in [2.05, 4.69) is 4.98 Å². The minimum absolute atomic E-state index is 0.299. The molecule has 6 heteroatoms. The predicted molar refractivity (Wildman–Crippen MR) is 110 cm³/mol. The summed E-state index contributed by atoms with van der Waals surface area (Å²) in [6, 6.07) is 13.5. The third-order valence-corrected chi connectivity index (χ3v) is 5.22. The molecule has 1 fully saturated rings. The highest BCUT2D eigenvalue weighted by Gasteiger charge is 2.43. The number of aliphatic hydroxyl groups is 1. The van der Waals surface area contributed by atoms with E-state index in [9.17, 15) is 9.90 Å². The first kappa shape index (κ1) is 20.6. The van der Waals surface area contributed by atoms with Crippen molar-refractivity contribution in [2.75, 3.05) is 13.1 Å². The highest BCUT2D eigenvalue weighted by molar-refractivity contribution is 6.30. The van der Waals surface area contributed by atoms with E-state index in [1.807, 2.05) is 57.2 Å². The monoisotopic (exact) mass is 402 g/mol. The zero-order chi connectivity index (χ0) is 20.4. The maximum absolute atomic E-state index is 12.4. The number of pyridine rings is 1. The molecule has 0 saturated carbocycles. The van der Waals surface area contributed by atoms with Crippen LogP contribution in [-0.4, -0.2) is 45.4 Å². The van der Waals surface area contributed by atoms with Gasteiger partial charge >= 0.3 is 6.09 Å². The number of benzene rings is 1. The Morgan fingerprint density at radius 3 is 2.36 bits per heavy atom. The Labute approximate surface area is 171 Å². The number of ether oxygens (including phenoxy) is 1. The molecule has 1 aromatic carbocycles. The molecule has 1 saturated heterocycles. The fourth-order valence-electron chi connectivity index (χ4n) is 3.65. The van der Waals surface area contributed by atoms with Gasteiger partial charge in [-0.2, -0.15) is 0 Å². The third-order valence-electron chi connectivity index (χ3n) is 5.00. The van der Waals surface area contributed by atoms with Gasteiger partial charge in [0.2, 0.25) is 0 Å². The van der Waals surface area contributed by atoms with E-state index >= 15 is 0 Å². The van der Waals surface area contributed by atoms with E-state index in [-0.39, 0.29) is 12.0 Å². The molecule has 28 heavy (non-hydrogen) atoms. The van der Waals surface area contributed by atoms with Crippen molar-refractivity contribution in [3.05, 3.63) is 64.9 Å². The molecule has 0 radical (unpaired) electrons. The quantitative estimate of drug-likeness (QED) is 0.813. The lowest BCUT2D eigenvalue weighted by Crippen LogP contribution is -2.51. The van der Waals surface area contributed by atoms with Crippen LogP contribution in [0.4, 0.5) is 4.79 Å². The highest BCUT2D eigenvalue weighted by atomic mass is 35.5. The Balaban J connectivity index is 1.83. The number of hydrogen-bond acceptors (Lipinski definition) is 4. The molecule has 2 aromatic rings. The molecule has 3 rings (SSSR count). The van der Waals surface area contributed by atoms with Crippen molar-refractivity contribution in [1.29, 1.82) is 0 Å². The lowest BCUT2D eigenvalue weighted by Gasteiger charge is -2.43. The molecule has 1 amide bonds. The van der Waals surface area contributed by atoms with Crippen LogP contribution in [0.1, 0.15) is 50.8 Å². The molecule has 1 atom stereocenters. The van der Waals surface area contributed by atoms with Crippen molar-refractivity contribution in [2.24, 2.45) is 0 Å². The van der Waals surface area contributed by atoms with Gasteiger partial charge in [0.15, 0.2) is 0 Å². The number of carbonyl (C=O) groups excluding carboxylic acids is 1. The van der Waals surface area contributed by atoms with Crippen LogP contribution in [0.2, 0.25) is 5.02 Å². The number of likely N-dealkylation sites (tertiary alicyclic amines) is 1. The van der Waals surface area contributed by atoms with Gasteiger partial charge in [-0.15, -0.1) is 0 Å². The summed E-state index contributed by atoms with van der Waals surface area (Å²) in [6.07, 6.45) is 2.15. The molecule has 0 spiro atoms. The number of carbonyl (C=O) groups is 1. The van der Waals surface area contributed by atoms with E-state index in [4.69, 9.17) is 16.3 Å². The van der Waals surface area contributed by atoms with Crippen molar-refractivity contribution < 1.29 is 14.6 Å². The van der Waals surface area contributed by atoms with Gasteiger partial charge in [0.05, 0.1) is 22.2 Å². The summed E-state index contributed by atoms with van der Waals surface area (Å²) >= 11 is 6.01. The molecule has 1 aliphatic heterocycles. The summed E-state index contributed by atoms with van der Waals surface area (Å²) in [5.74, 6) is -0.299. The van der Waals surface area contributed by atoms with Gasteiger partial charge in [0.25, 0.3) is 0 Å². The van der Waals surface area contributed by atoms with Crippen LogP contribution in [0.25, 0.3) is 0 Å². The fourth-order valence-corrected chi connectivity index (χ4v) is 3.76. The summed E-state index contributed by atoms with van der Waals surface area (Å²) < 4.78 is 5.47. The molecule has 1 aliphatic rings. The number of nitrogens with zero attached hydrogens (tertiary/aromatic N) is 2. The Morgan fingerprint density at radius 2 is 1.82 bits per heavy atom. The second-order valence-corrected chi connectivity index (χ2v) is 8.75. The lowest BCUT2D eigenvalue weighted by molar-refractivity contribution is -0.0419. The molecule has 150 valence electrons. The van der Waals surface area contributed by atoms with E-state index in [1.165, 1.54) is 0 Å². The number of rotatable bonds is 3. The Bertz CT molecular complexity index is 795. The van der Waals surface area contributed by atoms with Gasteiger partial charge in [-0.25, -0.2) is 4.79 Å². The molecule has 2 heterocycles. The van der Waals surface area contributed by atoms with Crippen LogP contribution >= 0.6 is 11.6 Å². The molecule has 1 N–H and O–H groups in total. The van der Waals surface area contributed by atoms with Crippen molar-refractivity contribution >= 4 is 17.7 Å². The second-order valence-electron chi connectivity index (χ2n) is 8.32. The number of hydrogen-bond donors (Lipinski definition) is 1. The molecule has 0 bridgehead atoms. The summed E-state index contributed by atoms with van der Waals surface area (Å²) in [4.78, 5) is 18.5. The van der Waals surface area contributed by atoms with Crippen molar-refractivity contribution in [3.8, 4) is 0 Å². The Hall–Kier alpha value is -2.11. The molecule has 0 aliphatic carbocycles. The average molecular weight is 403 g/mol. The molecule has 5 nitrogen and oxygen atoms in total. The van der Waals surface area contributed by atoms with E-state index < -0.39 is 11.2 Å². The average Bonchev–Trinajstić information content (AvgIpc) is 2.63. The highest BCUT2D eigenvalue weighted by Crippen LogP contribution is 2.41. The normalized spacial score (nSPS) is 17.8. The zero-order valence-electron chi connectivity index (χ0n) is 16.6. The summed E-state index contributed by atoms with van der Waals surface area (Å²) in [6.45, 7) is 6.42. The molecule has 1 unspecified atom stereocenters. The van der Waals surface area contributed by atoms with Crippen LogP contribution in [0, 0.1) is 0 Å². The number of piperidine rings is 1. The topological polar surface area (TPSA) is 62.7 Å². The van der Waals surface area contributed by atoms with Crippen molar-refractivity contribution in [3.63, 3.8) is 0 Å². The van der Waals surface area contributed by atoms with E-state index in [1.54, 1.807) is 17.2 Å². The SMILES string of the molecule is CC(C)(C)OC(=O)N1CCC(O)(C(c2ccccc2)c2ccc(Cl)cn2)CC1. The van der Waals surface area contributed by atoms with Crippen LogP contribution in [-0.2, 0) is 4.74 Å². The standard InChI is InChI=1S/C22H27ClN2O3/c1-21(2,3)28-20(26)25-13-11-22(27,12-14-25)19(16-7-5-4-6-8-16)18-10-9-17(23)15-24-18/h4-10,15,19,27H,11-14H2,1-3H3. The third kappa shape index (κ3) is 4.83. The van der Waals surface area contributed by atoms with Crippen LogP contribution in [0.3, 0.4) is 0 Å². The van der Waals surface area contributed by atoms with Gasteiger partial charge in [-0.3, -0.25) is 4.98 Å². The summed E-state index contributed by atoms with van der Waals surface area (Å²) in [5, 5.41) is 12.1. The van der Waals surface area contributed by atoms with Crippen LogP contribution in [0.15, 0.2) is 48.7 Å². The van der Waals surface area contributed by atoms with Crippen LogP contribution in [0.5, 0.6) is 0 Å². The molecule has 1 aromatic heterocycles. The number of halogens is 1. The predicted octanol–water partition coefficient (Wildman–Crippen LogP) is 4.63. The van der Waals surface area contributed by atoms with Gasteiger partial charge in [-0.1, -0.05) is 41.9 Å². The largest absolute Gasteiger partial charge is 0.444 e. The van der Waals surface area contributed by atoms with Crippen LogP contribution < -0.4 is 0 Å². The minimum Gasteiger partial charge on any atom is -0.444 e. The van der Waals surface area contributed by atoms with Crippen molar-refractivity contribution in [2.45, 2.75) is 50.7 Å².